The van der Waals surface area contributed by atoms with Crippen molar-refractivity contribution in [3.05, 3.63) is 94.2 Å². The Morgan fingerprint density at radius 2 is 1.67 bits per heavy atom. The third kappa shape index (κ3) is 6.88. The Hall–Kier alpha value is -2.86. The quantitative estimate of drug-likeness (QED) is 0.289. The zero-order chi connectivity index (χ0) is 25.3. The van der Waals surface area contributed by atoms with Crippen molar-refractivity contribution in [2.24, 2.45) is 0 Å². The molecule has 1 saturated carbocycles. The molecule has 0 N–H and O–H groups in total. The SMILES string of the molecule is CCCN(CC(=O)N(Cc1cccn1Cc1ccccc1)C1CCCCC1)C(=O)c1ccc(Br)cc1. The van der Waals surface area contributed by atoms with Crippen LogP contribution in [0.15, 0.2) is 77.4 Å². The lowest BCUT2D eigenvalue weighted by atomic mass is 9.94. The first-order valence-electron chi connectivity index (χ1n) is 13.1. The summed E-state index contributed by atoms with van der Waals surface area (Å²) in [5, 5.41) is 0. The van der Waals surface area contributed by atoms with Gasteiger partial charge in [0.05, 0.1) is 6.54 Å². The fourth-order valence-corrected chi connectivity index (χ4v) is 5.33. The van der Waals surface area contributed by atoms with Crippen molar-refractivity contribution in [2.45, 2.75) is 64.6 Å². The summed E-state index contributed by atoms with van der Waals surface area (Å²) < 4.78 is 3.16. The average Bonchev–Trinajstić information content (AvgIpc) is 3.34. The predicted octanol–water partition coefficient (Wildman–Crippen LogP) is 6.51. The van der Waals surface area contributed by atoms with E-state index >= 15 is 0 Å². The van der Waals surface area contributed by atoms with Crippen LogP contribution in [0.4, 0.5) is 0 Å². The summed E-state index contributed by atoms with van der Waals surface area (Å²) in [7, 11) is 0. The fraction of sp³-hybridized carbons (Fsp3) is 0.400. The topological polar surface area (TPSA) is 45.6 Å². The Morgan fingerprint density at radius 3 is 2.36 bits per heavy atom. The lowest BCUT2D eigenvalue weighted by Crippen LogP contribution is -2.47. The van der Waals surface area contributed by atoms with Gasteiger partial charge in [0.15, 0.2) is 0 Å². The van der Waals surface area contributed by atoms with Crippen molar-refractivity contribution in [3.8, 4) is 0 Å². The highest BCUT2D eigenvalue weighted by Crippen LogP contribution is 2.25. The van der Waals surface area contributed by atoms with Crippen LogP contribution < -0.4 is 0 Å². The van der Waals surface area contributed by atoms with Gasteiger partial charge in [0.2, 0.25) is 5.91 Å². The maximum atomic E-state index is 13.8. The van der Waals surface area contributed by atoms with Crippen molar-refractivity contribution in [1.29, 1.82) is 0 Å². The zero-order valence-electron chi connectivity index (χ0n) is 21.1. The summed E-state index contributed by atoms with van der Waals surface area (Å²) in [5.41, 5.74) is 2.97. The van der Waals surface area contributed by atoms with Gasteiger partial charge < -0.3 is 14.4 Å². The number of carbonyl (C=O) groups is 2. The summed E-state index contributed by atoms with van der Waals surface area (Å²) in [6, 6.07) is 22.2. The summed E-state index contributed by atoms with van der Waals surface area (Å²) in [6.45, 7) is 4.06. The first-order valence-corrected chi connectivity index (χ1v) is 13.9. The molecule has 1 aliphatic carbocycles. The third-order valence-electron chi connectivity index (χ3n) is 6.99. The van der Waals surface area contributed by atoms with Crippen molar-refractivity contribution >= 4 is 27.7 Å². The highest BCUT2D eigenvalue weighted by Gasteiger charge is 2.29. The highest BCUT2D eigenvalue weighted by molar-refractivity contribution is 9.10. The van der Waals surface area contributed by atoms with E-state index in [1.165, 1.54) is 12.0 Å². The molecular formula is C30H36BrN3O2. The molecule has 0 spiro atoms. The number of hydrogen-bond acceptors (Lipinski definition) is 2. The van der Waals surface area contributed by atoms with Crippen LogP contribution in [0.1, 0.15) is 67.1 Å². The Kier molecular flexibility index (Phi) is 9.40. The highest BCUT2D eigenvalue weighted by atomic mass is 79.9. The normalized spacial score (nSPS) is 13.9. The molecule has 1 aliphatic rings. The number of nitrogens with zero attached hydrogens (tertiary/aromatic N) is 3. The van der Waals surface area contributed by atoms with Gasteiger partial charge >= 0.3 is 0 Å². The van der Waals surface area contributed by atoms with Crippen LogP contribution in [0, 0.1) is 0 Å². The number of rotatable bonds is 10. The molecule has 4 rings (SSSR count). The molecule has 2 amide bonds. The first kappa shape index (κ1) is 26.2. The van der Waals surface area contributed by atoms with Gasteiger partial charge in [-0.15, -0.1) is 0 Å². The monoisotopic (exact) mass is 549 g/mol. The number of amides is 2. The second-order valence-corrected chi connectivity index (χ2v) is 10.6. The van der Waals surface area contributed by atoms with Gasteiger partial charge in [-0.05, 0) is 61.2 Å². The molecule has 3 aromatic rings. The van der Waals surface area contributed by atoms with E-state index in [0.29, 0.717) is 18.7 Å². The smallest absolute Gasteiger partial charge is 0.254 e. The molecule has 0 atom stereocenters. The summed E-state index contributed by atoms with van der Waals surface area (Å²) in [5.74, 6) is -0.0537. The molecule has 36 heavy (non-hydrogen) atoms. The Balaban J connectivity index is 1.53. The lowest BCUT2D eigenvalue weighted by molar-refractivity contribution is -0.135. The number of benzene rings is 2. The third-order valence-corrected chi connectivity index (χ3v) is 7.51. The van der Waals surface area contributed by atoms with E-state index < -0.39 is 0 Å². The summed E-state index contributed by atoms with van der Waals surface area (Å²) in [4.78, 5) is 30.9. The van der Waals surface area contributed by atoms with Crippen molar-refractivity contribution in [2.75, 3.05) is 13.1 Å². The predicted molar refractivity (Wildman–Crippen MR) is 148 cm³/mol. The first-order chi connectivity index (χ1) is 17.5. The second-order valence-electron chi connectivity index (χ2n) is 9.66. The lowest BCUT2D eigenvalue weighted by Gasteiger charge is -2.36. The average molecular weight is 551 g/mol. The van der Waals surface area contributed by atoms with Gasteiger partial charge in [-0.1, -0.05) is 72.4 Å². The van der Waals surface area contributed by atoms with Crippen LogP contribution >= 0.6 is 15.9 Å². The molecule has 1 aromatic heterocycles. The maximum absolute atomic E-state index is 13.8. The number of hydrogen-bond donors (Lipinski definition) is 0. The number of halogens is 1. The molecular weight excluding hydrogens is 514 g/mol. The largest absolute Gasteiger partial charge is 0.345 e. The van der Waals surface area contributed by atoms with E-state index in [4.69, 9.17) is 0 Å². The van der Waals surface area contributed by atoms with Gasteiger partial charge in [-0.3, -0.25) is 9.59 Å². The minimum atomic E-state index is -0.0891. The molecule has 1 fully saturated rings. The van der Waals surface area contributed by atoms with Crippen molar-refractivity contribution < 1.29 is 9.59 Å². The maximum Gasteiger partial charge on any atom is 0.254 e. The van der Waals surface area contributed by atoms with Gasteiger partial charge in [0.1, 0.15) is 6.54 Å². The molecule has 2 aromatic carbocycles. The minimum Gasteiger partial charge on any atom is -0.345 e. The molecule has 0 saturated heterocycles. The van der Waals surface area contributed by atoms with Crippen LogP contribution in [0.25, 0.3) is 0 Å². The minimum absolute atomic E-state index is 0.0354. The van der Waals surface area contributed by atoms with E-state index in [9.17, 15) is 9.59 Å². The Labute approximate surface area is 223 Å². The second kappa shape index (κ2) is 12.9. The van der Waals surface area contributed by atoms with E-state index in [2.05, 4.69) is 63.1 Å². The van der Waals surface area contributed by atoms with E-state index in [1.807, 2.05) is 42.2 Å². The number of aromatic nitrogens is 1. The Morgan fingerprint density at radius 1 is 0.944 bits per heavy atom. The molecule has 190 valence electrons. The standard InChI is InChI=1S/C30H36BrN3O2/c1-2-19-33(30(36)25-15-17-26(31)18-16-25)23-29(35)34(27-12-7-4-8-13-27)22-28-14-9-20-32(28)21-24-10-5-3-6-11-24/h3,5-6,9-11,14-18,20,27H,2,4,7-8,12-13,19,21-23H2,1H3. The molecule has 5 nitrogen and oxygen atoms in total. The summed E-state index contributed by atoms with van der Waals surface area (Å²) >= 11 is 3.43. The van der Waals surface area contributed by atoms with Gasteiger partial charge in [0, 0.05) is 41.1 Å². The Bertz CT molecular complexity index is 1120. The number of carbonyl (C=O) groups excluding carboxylic acids is 2. The van der Waals surface area contributed by atoms with Crippen LogP contribution in [0.5, 0.6) is 0 Å². The molecule has 0 bridgehead atoms. The van der Waals surface area contributed by atoms with Crippen LogP contribution in [0.2, 0.25) is 0 Å². The van der Waals surface area contributed by atoms with E-state index in [1.54, 1.807) is 4.90 Å². The van der Waals surface area contributed by atoms with Crippen LogP contribution in [-0.2, 0) is 17.9 Å². The fourth-order valence-electron chi connectivity index (χ4n) is 5.07. The molecule has 6 heteroatoms. The molecule has 1 heterocycles. The molecule has 0 radical (unpaired) electrons. The van der Waals surface area contributed by atoms with Crippen LogP contribution in [0.3, 0.4) is 0 Å². The van der Waals surface area contributed by atoms with Gasteiger partial charge in [-0.2, -0.15) is 0 Å². The van der Waals surface area contributed by atoms with E-state index in [0.717, 1.165) is 48.8 Å². The van der Waals surface area contributed by atoms with Crippen molar-refractivity contribution in [3.63, 3.8) is 0 Å². The zero-order valence-corrected chi connectivity index (χ0v) is 22.7. The van der Waals surface area contributed by atoms with Crippen LogP contribution in [-0.4, -0.2) is 45.3 Å². The molecule has 0 unspecified atom stereocenters. The van der Waals surface area contributed by atoms with E-state index in [-0.39, 0.29) is 24.4 Å². The molecule has 0 aliphatic heterocycles. The van der Waals surface area contributed by atoms with Gasteiger partial charge in [-0.25, -0.2) is 0 Å². The van der Waals surface area contributed by atoms with Crippen molar-refractivity contribution in [1.82, 2.24) is 14.4 Å². The summed E-state index contributed by atoms with van der Waals surface area (Å²) in [6.07, 6.45) is 8.48. The van der Waals surface area contributed by atoms with Gasteiger partial charge in [0.25, 0.3) is 5.91 Å².